The maximum atomic E-state index is 14.0. The number of methoxy groups -OCH3 is 1. The molecular weight excluding hydrogens is 263 g/mol. The van der Waals surface area contributed by atoms with Gasteiger partial charge in [-0.2, -0.15) is 11.8 Å². The maximum Gasteiger partial charge on any atom is 0.168 e. The zero-order chi connectivity index (χ0) is 13.7. The Balaban J connectivity index is 1.92. The van der Waals surface area contributed by atoms with Crippen LogP contribution in [0.4, 0.5) is 4.39 Å². The minimum atomic E-state index is -0.463. The second-order valence-electron chi connectivity index (χ2n) is 5.08. The van der Waals surface area contributed by atoms with E-state index in [1.54, 1.807) is 18.2 Å². The Labute approximate surface area is 118 Å². The molecule has 4 heteroatoms. The van der Waals surface area contributed by atoms with E-state index in [0.29, 0.717) is 17.9 Å². The molecule has 1 unspecified atom stereocenters. The van der Waals surface area contributed by atoms with Gasteiger partial charge in [-0.1, -0.05) is 12.1 Å². The first-order chi connectivity index (χ1) is 9.20. The Morgan fingerprint density at radius 2 is 2.16 bits per heavy atom. The van der Waals surface area contributed by atoms with E-state index in [1.807, 2.05) is 11.8 Å². The predicted molar refractivity (Wildman–Crippen MR) is 77.3 cm³/mol. The van der Waals surface area contributed by atoms with E-state index in [9.17, 15) is 9.50 Å². The van der Waals surface area contributed by atoms with Gasteiger partial charge in [0.25, 0.3) is 0 Å². The van der Waals surface area contributed by atoms with Crippen LogP contribution in [-0.2, 0) is 6.42 Å². The van der Waals surface area contributed by atoms with E-state index in [2.05, 4.69) is 0 Å². The van der Waals surface area contributed by atoms with Crippen LogP contribution in [0.2, 0.25) is 0 Å². The summed E-state index contributed by atoms with van der Waals surface area (Å²) in [7, 11) is 1.46. The third-order valence-electron chi connectivity index (χ3n) is 3.67. The highest BCUT2D eigenvalue weighted by Gasteiger charge is 2.19. The smallest absolute Gasteiger partial charge is 0.168 e. The molecule has 19 heavy (non-hydrogen) atoms. The van der Waals surface area contributed by atoms with Crippen LogP contribution in [0.15, 0.2) is 18.2 Å². The van der Waals surface area contributed by atoms with Crippen molar-refractivity contribution in [3.8, 4) is 5.75 Å². The van der Waals surface area contributed by atoms with Gasteiger partial charge in [-0.25, -0.2) is 4.39 Å². The highest BCUT2D eigenvalue weighted by atomic mass is 32.2. The molecule has 0 bridgehead atoms. The zero-order valence-corrected chi connectivity index (χ0v) is 12.1. The van der Waals surface area contributed by atoms with Crippen molar-refractivity contribution in [2.75, 3.05) is 18.6 Å². The van der Waals surface area contributed by atoms with Gasteiger partial charge in [-0.15, -0.1) is 0 Å². The molecular formula is C15H21FO2S. The van der Waals surface area contributed by atoms with Crippen LogP contribution in [-0.4, -0.2) is 29.8 Å². The number of rotatable bonds is 5. The summed E-state index contributed by atoms with van der Waals surface area (Å²) in [6.45, 7) is 0. The molecule has 1 aliphatic heterocycles. The minimum absolute atomic E-state index is 0.249. The quantitative estimate of drug-likeness (QED) is 0.900. The lowest BCUT2D eigenvalue weighted by Gasteiger charge is -2.24. The number of halogens is 1. The van der Waals surface area contributed by atoms with Crippen LogP contribution in [0.3, 0.4) is 0 Å². The second-order valence-corrected chi connectivity index (χ2v) is 6.31. The lowest BCUT2D eigenvalue weighted by molar-refractivity contribution is 0.138. The van der Waals surface area contributed by atoms with E-state index in [1.165, 1.54) is 31.5 Å². The number of thioether (sulfide) groups is 1. The minimum Gasteiger partial charge on any atom is -0.494 e. The molecule has 106 valence electrons. The van der Waals surface area contributed by atoms with Crippen molar-refractivity contribution < 1.29 is 14.2 Å². The van der Waals surface area contributed by atoms with Gasteiger partial charge in [0.1, 0.15) is 0 Å². The molecule has 1 saturated heterocycles. The first kappa shape index (κ1) is 14.7. The largest absolute Gasteiger partial charge is 0.494 e. The standard InChI is InChI=1S/C15H21FO2S/c1-18-14-4-2-3-12(15(14)16)10-13(17)9-11-5-7-19-8-6-11/h2-4,11,13,17H,5-10H2,1H3. The summed E-state index contributed by atoms with van der Waals surface area (Å²) in [6, 6.07) is 5.09. The number of hydrogen-bond acceptors (Lipinski definition) is 3. The van der Waals surface area contributed by atoms with Gasteiger partial charge in [0.05, 0.1) is 13.2 Å². The molecule has 0 amide bonds. The molecule has 2 rings (SSSR count). The molecule has 1 fully saturated rings. The first-order valence-corrected chi connectivity index (χ1v) is 7.93. The normalized spacial score (nSPS) is 18.3. The molecule has 0 radical (unpaired) electrons. The van der Waals surface area contributed by atoms with Crippen LogP contribution in [0.5, 0.6) is 5.75 Å². The molecule has 0 aliphatic carbocycles. The fourth-order valence-electron chi connectivity index (χ4n) is 2.58. The molecule has 0 aromatic heterocycles. The lowest BCUT2D eigenvalue weighted by atomic mass is 9.92. The van der Waals surface area contributed by atoms with Crippen molar-refractivity contribution in [2.45, 2.75) is 31.8 Å². The number of ether oxygens (including phenoxy) is 1. The SMILES string of the molecule is COc1cccc(CC(O)CC2CCSCC2)c1F. The molecule has 1 aromatic carbocycles. The third kappa shape index (κ3) is 4.11. The Kier molecular flexibility index (Phi) is 5.52. The molecule has 1 aliphatic rings. The van der Waals surface area contributed by atoms with Gasteiger partial charge in [0, 0.05) is 6.42 Å². The number of aliphatic hydroxyl groups is 1. The fourth-order valence-corrected chi connectivity index (χ4v) is 3.78. The lowest BCUT2D eigenvalue weighted by Crippen LogP contribution is -2.20. The molecule has 1 aromatic rings. The van der Waals surface area contributed by atoms with E-state index in [4.69, 9.17) is 4.74 Å². The second kappa shape index (κ2) is 7.15. The Hall–Kier alpha value is -0.740. The number of benzene rings is 1. The predicted octanol–water partition coefficient (Wildman–Crippen LogP) is 3.27. The van der Waals surface area contributed by atoms with Gasteiger partial charge in [0.2, 0.25) is 0 Å². The highest BCUT2D eigenvalue weighted by Crippen LogP contribution is 2.28. The fraction of sp³-hybridized carbons (Fsp3) is 0.600. The van der Waals surface area contributed by atoms with Crippen LogP contribution in [0.25, 0.3) is 0 Å². The number of aliphatic hydroxyl groups excluding tert-OH is 1. The van der Waals surface area contributed by atoms with Crippen molar-refractivity contribution in [2.24, 2.45) is 5.92 Å². The molecule has 1 N–H and O–H groups in total. The summed E-state index contributed by atoms with van der Waals surface area (Å²) in [6.07, 6.45) is 3.02. The molecule has 0 saturated carbocycles. The van der Waals surface area contributed by atoms with E-state index in [-0.39, 0.29) is 11.6 Å². The van der Waals surface area contributed by atoms with Crippen molar-refractivity contribution in [1.82, 2.24) is 0 Å². The van der Waals surface area contributed by atoms with Crippen molar-refractivity contribution in [3.05, 3.63) is 29.6 Å². The summed E-state index contributed by atoms with van der Waals surface area (Å²) in [4.78, 5) is 0. The topological polar surface area (TPSA) is 29.5 Å². The highest BCUT2D eigenvalue weighted by molar-refractivity contribution is 7.99. The van der Waals surface area contributed by atoms with E-state index >= 15 is 0 Å². The molecule has 1 atom stereocenters. The summed E-state index contributed by atoms with van der Waals surface area (Å²) < 4.78 is 18.9. The van der Waals surface area contributed by atoms with Crippen LogP contribution < -0.4 is 4.74 Å². The first-order valence-electron chi connectivity index (χ1n) is 6.78. The Bertz CT molecular complexity index is 405. The molecule has 2 nitrogen and oxygen atoms in total. The zero-order valence-electron chi connectivity index (χ0n) is 11.3. The number of hydrogen-bond donors (Lipinski definition) is 1. The summed E-state index contributed by atoms with van der Waals surface area (Å²) in [5.74, 6) is 2.86. The van der Waals surface area contributed by atoms with E-state index < -0.39 is 6.10 Å². The van der Waals surface area contributed by atoms with Gasteiger partial charge in [0.15, 0.2) is 11.6 Å². The summed E-state index contributed by atoms with van der Waals surface area (Å²) in [5, 5.41) is 10.1. The van der Waals surface area contributed by atoms with Crippen molar-refractivity contribution >= 4 is 11.8 Å². The van der Waals surface area contributed by atoms with Crippen molar-refractivity contribution in [3.63, 3.8) is 0 Å². The van der Waals surface area contributed by atoms with Crippen LogP contribution in [0, 0.1) is 11.7 Å². The summed E-state index contributed by atoms with van der Waals surface area (Å²) in [5.41, 5.74) is 0.539. The monoisotopic (exact) mass is 284 g/mol. The average molecular weight is 284 g/mol. The van der Waals surface area contributed by atoms with E-state index in [0.717, 1.165) is 6.42 Å². The van der Waals surface area contributed by atoms with Gasteiger partial charge >= 0.3 is 0 Å². The molecule has 1 heterocycles. The maximum absolute atomic E-state index is 14.0. The van der Waals surface area contributed by atoms with Crippen LogP contribution >= 0.6 is 11.8 Å². The van der Waals surface area contributed by atoms with Crippen molar-refractivity contribution in [1.29, 1.82) is 0 Å². The average Bonchev–Trinajstić information content (AvgIpc) is 2.42. The van der Waals surface area contributed by atoms with Gasteiger partial charge < -0.3 is 9.84 Å². The van der Waals surface area contributed by atoms with Crippen LogP contribution in [0.1, 0.15) is 24.8 Å². The third-order valence-corrected chi connectivity index (χ3v) is 4.71. The molecule has 0 spiro atoms. The summed E-state index contributed by atoms with van der Waals surface area (Å²) >= 11 is 1.98. The Morgan fingerprint density at radius 1 is 1.42 bits per heavy atom. The Morgan fingerprint density at radius 3 is 2.84 bits per heavy atom. The van der Waals surface area contributed by atoms with Gasteiger partial charge in [-0.3, -0.25) is 0 Å². The van der Waals surface area contributed by atoms with Gasteiger partial charge in [-0.05, 0) is 48.3 Å².